The van der Waals surface area contributed by atoms with Crippen LogP contribution in [-0.2, 0) is 0 Å². The zero-order valence-electron chi connectivity index (χ0n) is 14.7. The molecular weight excluding hydrogens is 348 g/mol. The molecular formula is C26H17Cl. The molecule has 1 heteroatoms. The fourth-order valence-electron chi connectivity index (χ4n) is 3.81. The van der Waals surface area contributed by atoms with Gasteiger partial charge in [-0.1, -0.05) is 96.5 Å². The predicted octanol–water partition coefficient (Wildman–Crippen LogP) is 7.98. The topological polar surface area (TPSA) is 0 Å². The highest BCUT2D eigenvalue weighted by molar-refractivity contribution is 6.31. The molecule has 0 spiro atoms. The van der Waals surface area contributed by atoms with Gasteiger partial charge in [0.1, 0.15) is 0 Å². The summed E-state index contributed by atoms with van der Waals surface area (Å²) in [5, 5.41) is 5.83. The molecule has 0 amide bonds. The smallest absolute Gasteiger partial charge is 0.0412 e. The lowest BCUT2D eigenvalue weighted by Gasteiger charge is -2.12. The standard InChI is InChI=1S/C26H17Cl/c27-22-13-15-24(18-6-2-1-3-7-18)26(17-22)21-12-14-25-20(16-21)11-10-19-8-4-5-9-23(19)25/h1-17H. The first-order valence-electron chi connectivity index (χ1n) is 9.06. The number of hydrogen-bond donors (Lipinski definition) is 0. The second kappa shape index (κ2) is 6.57. The van der Waals surface area contributed by atoms with E-state index in [2.05, 4.69) is 91.0 Å². The van der Waals surface area contributed by atoms with Crippen molar-refractivity contribution in [3.63, 3.8) is 0 Å². The van der Waals surface area contributed by atoms with E-state index in [4.69, 9.17) is 11.6 Å². The quantitative estimate of drug-likeness (QED) is 0.278. The van der Waals surface area contributed by atoms with E-state index in [1.807, 2.05) is 12.1 Å². The highest BCUT2D eigenvalue weighted by Gasteiger charge is 2.10. The van der Waals surface area contributed by atoms with Gasteiger partial charge in [-0.15, -0.1) is 0 Å². The van der Waals surface area contributed by atoms with Gasteiger partial charge in [0.25, 0.3) is 0 Å². The Kier molecular flexibility index (Phi) is 3.92. The lowest BCUT2D eigenvalue weighted by molar-refractivity contribution is 1.59. The summed E-state index contributed by atoms with van der Waals surface area (Å²) in [5.41, 5.74) is 4.73. The van der Waals surface area contributed by atoms with E-state index < -0.39 is 0 Å². The van der Waals surface area contributed by atoms with E-state index in [-0.39, 0.29) is 0 Å². The highest BCUT2D eigenvalue weighted by atomic mass is 35.5. The molecule has 0 aromatic heterocycles. The molecule has 0 saturated carbocycles. The van der Waals surface area contributed by atoms with Crippen LogP contribution in [-0.4, -0.2) is 0 Å². The summed E-state index contributed by atoms with van der Waals surface area (Å²) in [4.78, 5) is 0. The number of benzene rings is 5. The van der Waals surface area contributed by atoms with Crippen LogP contribution in [0.25, 0.3) is 43.8 Å². The first kappa shape index (κ1) is 16.1. The van der Waals surface area contributed by atoms with E-state index in [1.165, 1.54) is 38.2 Å². The normalized spacial score (nSPS) is 11.1. The van der Waals surface area contributed by atoms with E-state index in [0.717, 1.165) is 10.6 Å². The molecule has 0 atom stereocenters. The van der Waals surface area contributed by atoms with Gasteiger partial charge in [0.05, 0.1) is 0 Å². The van der Waals surface area contributed by atoms with Crippen molar-refractivity contribution >= 4 is 33.1 Å². The van der Waals surface area contributed by atoms with E-state index >= 15 is 0 Å². The Morgan fingerprint density at radius 3 is 2.07 bits per heavy atom. The molecule has 0 heterocycles. The molecule has 5 aromatic carbocycles. The molecule has 0 saturated heterocycles. The van der Waals surface area contributed by atoms with Crippen LogP contribution in [0.2, 0.25) is 5.02 Å². The number of rotatable bonds is 2. The Morgan fingerprint density at radius 1 is 0.444 bits per heavy atom. The molecule has 0 radical (unpaired) electrons. The van der Waals surface area contributed by atoms with Gasteiger partial charge in [0.2, 0.25) is 0 Å². The van der Waals surface area contributed by atoms with Crippen molar-refractivity contribution in [2.24, 2.45) is 0 Å². The van der Waals surface area contributed by atoms with Crippen molar-refractivity contribution in [1.82, 2.24) is 0 Å². The molecule has 0 nitrogen and oxygen atoms in total. The molecule has 5 rings (SSSR count). The Morgan fingerprint density at radius 2 is 1.19 bits per heavy atom. The van der Waals surface area contributed by atoms with Crippen LogP contribution in [0.15, 0.2) is 103 Å². The molecule has 0 N–H and O–H groups in total. The lowest BCUT2D eigenvalue weighted by Crippen LogP contribution is -1.86. The largest absolute Gasteiger partial charge is 0.0843 e. The minimum atomic E-state index is 0.753. The van der Waals surface area contributed by atoms with Crippen LogP contribution < -0.4 is 0 Å². The van der Waals surface area contributed by atoms with Crippen molar-refractivity contribution in [1.29, 1.82) is 0 Å². The minimum Gasteiger partial charge on any atom is -0.0843 e. The van der Waals surface area contributed by atoms with Crippen molar-refractivity contribution in [3.8, 4) is 22.3 Å². The van der Waals surface area contributed by atoms with E-state index in [0.29, 0.717) is 0 Å². The summed E-state index contributed by atoms with van der Waals surface area (Å²) in [6.45, 7) is 0. The van der Waals surface area contributed by atoms with Crippen molar-refractivity contribution in [3.05, 3.63) is 108 Å². The van der Waals surface area contributed by atoms with Gasteiger partial charge in [-0.2, -0.15) is 0 Å². The summed E-state index contributed by atoms with van der Waals surface area (Å²) >= 11 is 6.35. The molecule has 0 unspecified atom stereocenters. The van der Waals surface area contributed by atoms with Gasteiger partial charge in [-0.25, -0.2) is 0 Å². The first-order valence-corrected chi connectivity index (χ1v) is 9.44. The van der Waals surface area contributed by atoms with Crippen molar-refractivity contribution < 1.29 is 0 Å². The highest BCUT2D eigenvalue weighted by Crippen LogP contribution is 2.36. The SMILES string of the molecule is Clc1ccc(-c2ccccc2)c(-c2ccc3c(ccc4ccccc43)c2)c1. The van der Waals surface area contributed by atoms with Crippen LogP contribution in [0.1, 0.15) is 0 Å². The monoisotopic (exact) mass is 364 g/mol. The van der Waals surface area contributed by atoms with Crippen molar-refractivity contribution in [2.75, 3.05) is 0 Å². The number of fused-ring (bicyclic) bond motifs is 3. The maximum atomic E-state index is 6.35. The second-order valence-electron chi connectivity index (χ2n) is 6.78. The Hall–Kier alpha value is -3.09. The third-order valence-corrected chi connectivity index (χ3v) is 5.36. The maximum absolute atomic E-state index is 6.35. The Labute approximate surface area is 163 Å². The maximum Gasteiger partial charge on any atom is 0.0412 e. The average Bonchev–Trinajstić information content (AvgIpc) is 2.74. The zero-order valence-corrected chi connectivity index (χ0v) is 15.4. The molecule has 0 bridgehead atoms. The first-order chi connectivity index (χ1) is 13.3. The zero-order chi connectivity index (χ0) is 18.2. The fraction of sp³-hybridized carbons (Fsp3) is 0. The summed E-state index contributed by atoms with van der Waals surface area (Å²) < 4.78 is 0. The summed E-state index contributed by atoms with van der Waals surface area (Å²) in [6.07, 6.45) is 0. The minimum absolute atomic E-state index is 0.753. The molecule has 5 aromatic rings. The molecule has 0 fully saturated rings. The van der Waals surface area contributed by atoms with Crippen LogP contribution in [0.4, 0.5) is 0 Å². The van der Waals surface area contributed by atoms with Gasteiger partial charge in [-0.05, 0) is 62.0 Å². The van der Waals surface area contributed by atoms with Gasteiger partial charge in [0, 0.05) is 5.02 Å². The van der Waals surface area contributed by atoms with Crippen LogP contribution >= 0.6 is 11.6 Å². The predicted molar refractivity (Wildman–Crippen MR) is 117 cm³/mol. The van der Waals surface area contributed by atoms with Crippen molar-refractivity contribution in [2.45, 2.75) is 0 Å². The molecule has 128 valence electrons. The third-order valence-electron chi connectivity index (χ3n) is 5.12. The van der Waals surface area contributed by atoms with Gasteiger partial charge in [0.15, 0.2) is 0 Å². The summed E-state index contributed by atoms with van der Waals surface area (Å²) in [7, 11) is 0. The molecule has 27 heavy (non-hydrogen) atoms. The average molecular weight is 365 g/mol. The Bertz CT molecular complexity index is 1270. The summed E-state index contributed by atoms with van der Waals surface area (Å²) in [6, 6.07) is 36.2. The molecule has 0 aliphatic carbocycles. The molecule has 0 aliphatic heterocycles. The van der Waals surface area contributed by atoms with Crippen LogP contribution in [0, 0.1) is 0 Å². The van der Waals surface area contributed by atoms with Gasteiger partial charge < -0.3 is 0 Å². The number of halogens is 1. The van der Waals surface area contributed by atoms with E-state index in [9.17, 15) is 0 Å². The van der Waals surface area contributed by atoms with Crippen LogP contribution in [0.3, 0.4) is 0 Å². The number of hydrogen-bond acceptors (Lipinski definition) is 0. The van der Waals surface area contributed by atoms with Gasteiger partial charge in [-0.3, -0.25) is 0 Å². The Balaban J connectivity index is 1.74. The van der Waals surface area contributed by atoms with Crippen LogP contribution in [0.5, 0.6) is 0 Å². The third kappa shape index (κ3) is 2.89. The fourth-order valence-corrected chi connectivity index (χ4v) is 3.98. The van der Waals surface area contributed by atoms with E-state index in [1.54, 1.807) is 0 Å². The second-order valence-corrected chi connectivity index (χ2v) is 7.21. The van der Waals surface area contributed by atoms with Gasteiger partial charge >= 0.3 is 0 Å². The molecule has 0 aliphatic rings. The lowest BCUT2D eigenvalue weighted by atomic mass is 9.92. The summed E-state index contributed by atoms with van der Waals surface area (Å²) in [5.74, 6) is 0.